The zero-order valence-corrected chi connectivity index (χ0v) is 5.84. The molecule has 0 fully saturated rings. The van der Waals surface area contributed by atoms with E-state index in [1.807, 2.05) is 6.07 Å². The van der Waals surface area contributed by atoms with E-state index in [4.69, 9.17) is 5.26 Å². The van der Waals surface area contributed by atoms with E-state index in [0.717, 1.165) is 11.1 Å². The molecule has 0 aromatic heterocycles. The molecule has 1 unspecified atom stereocenters. The molecule has 2 heteroatoms. The first-order valence-corrected chi connectivity index (χ1v) is 3.50. The quantitative estimate of drug-likeness (QED) is 0.550. The van der Waals surface area contributed by atoms with Crippen molar-refractivity contribution in [3.63, 3.8) is 0 Å². The van der Waals surface area contributed by atoms with Gasteiger partial charge in [-0.1, -0.05) is 12.1 Å². The fraction of sp³-hybridized carbons (Fsp3) is 0.222. The zero-order valence-electron chi connectivity index (χ0n) is 5.84. The number of benzene rings is 1. The van der Waals surface area contributed by atoms with Crippen LogP contribution in [0.25, 0.3) is 0 Å². The Morgan fingerprint density at radius 2 is 2.36 bits per heavy atom. The third-order valence-corrected chi connectivity index (χ3v) is 2.09. The molecular formula is C9H6FN. The molecule has 0 amide bonds. The third-order valence-electron chi connectivity index (χ3n) is 2.09. The number of hydrogen-bond acceptors (Lipinski definition) is 1. The van der Waals surface area contributed by atoms with Gasteiger partial charge in [-0.25, -0.2) is 4.39 Å². The summed E-state index contributed by atoms with van der Waals surface area (Å²) >= 11 is 0. The lowest BCUT2D eigenvalue weighted by Crippen LogP contribution is -2.16. The van der Waals surface area contributed by atoms with Gasteiger partial charge in [0.25, 0.3) is 0 Å². The minimum absolute atomic E-state index is 0.0688. The van der Waals surface area contributed by atoms with Crippen LogP contribution in [0, 0.1) is 17.1 Å². The molecule has 0 heterocycles. The Balaban J connectivity index is 2.50. The first-order chi connectivity index (χ1) is 5.33. The van der Waals surface area contributed by atoms with Gasteiger partial charge in [-0.15, -0.1) is 0 Å². The van der Waals surface area contributed by atoms with Crippen LogP contribution in [0.3, 0.4) is 0 Å². The Morgan fingerprint density at radius 1 is 1.55 bits per heavy atom. The highest BCUT2D eigenvalue weighted by Gasteiger charge is 2.27. The van der Waals surface area contributed by atoms with Gasteiger partial charge in [-0.05, 0) is 23.6 Å². The zero-order chi connectivity index (χ0) is 7.84. The van der Waals surface area contributed by atoms with Crippen molar-refractivity contribution in [2.75, 3.05) is 0 Å². The molecule has 1 aromatic carbocycles. The number of nitriles is 1. The van der Waals surface area contributed by atoms with Gasteiger partial charge >= 0.3 is 0 Å². The van der Waals surface area contributed by atoms with E-state index in [0.29, 0.717) is 6.42 Å². The predicted octanol–water partition coefficient (Wildman–Crippen LogP) is 1.99. The van der Waals surface area contributed by atoms with Crippen molar-refractivity contribution >= 4 is 0 Å². The second kappa shape index (κ2) is 2.06. The average molecular weight is 147 g/mol. The van der Waals surface area contributed by atoms with Crippen molar-refractivity contribution < 1.29 is 4.39 Å². The topological polar surface area (TPSA) is 23.8 Å². The minimum atomic E-state index is -0.172. The molecule has 0 aliphatic heterocycles. The van der Waals surface area contributed by atoms with E-state index in [1.165, 1.54) is 6.07 Å². The number of hydrogen-bond donors (Lipinski definition) is 0. The molecule has 11 heavy (non-hydrogen) atoms. The fourth-order valence-electron chi connectivity index (χ4n) is 1.42. The van der Waals surface area contributed by atoms with Crippen molar-refractivity contribution in [2.45, 2.75) is 12.3 Å². The molecule has 0 spiro atoms. The van der Waals surface area contributed by atoms with Gasteiger partial charge in [0.2, 0.25) is 0 Å². The van der Waals surface area contributed by atoms with E-state index in [9.17, 15) is 4.39 Å². The normalized spacial score (nSPS) is 19.8. The summed E-state index contributed by atoms with van der Waals surface area (Å²) in [5.41, 5.74) is 1.59. The monoisotopic (exact) mass is 147 g/mol. The van der Waals surface area contributed by atoms with Gasteiger partial charge in [0, 0.05) is 0 Å². The van der Waals surface area contributed by atoms with Crippen LogP contribution >= 0.6 is 0 Å². The van der Waals surface area contributed by atoms with E-state index < -0.39 is 0 Å². The molecule has 2 rings (SSSR count). The molecule has 1 nitrogen and oxygen atoms in total. The molecule has 1 aliphatic rings. The summed E-state index contributed by atoms with van der Waals surface area (Å²) < 4.78 is 12.8. The summed E-state index contributed by atoms with van der Waals surface area (Å²) in [5, 5.41) is 8.55. The second-order valence-electron chi connectivity index (χ2n) is 2.69. The SMILES string of the molecule is N#CC1Cc2c(F)cccc21. The molecule has 0 bridgehead atoms. The van der Waals surface area contributed by atoms with Gasteiger partial charge in [-0.3, -0.25) is 0 Å². The van der Waals surface area contributed by atoms with Crippen molar-refractivity contribution in [1.82, 2.24) is 0 Å². The number of fused-ring (bicyclic) bond motifs is 1. The highest BCUT2D eigenvalue weighted by Crippen LogP contribution is 2.35. The van der Waals surface area contributed by atoms with Crippen LogP contribution in [-0.2, 0) is 6.42 Å². The van der Waals surface area contributed by atoms with Gasteiger partial charge < -0.3 is 0 Å². The Bertz CT molecular complexity index is 338. The first-order valence-electron chi connectivity index (χ1n) is 3.50. The fourth-order valence-corrected chi connectivity index (χ4v) is 1.42. The van der Waals surface area contributed by atoms with Crippen LogP contribution in [0.2, 0.25) is 0 Å². The van der Waals surface area contributed by atoms with E-state index in [-0.39, 0.29) is 11.7 Å². The molecule has 0 saturated heterocycles. The van der Waals surface area contributed by atoms with Crippen LogP contribution < -0.4 is 0 Å². The predicted molar refractivity (Wildman–Crippen MR) is 38.5 cm³/mol. The molecular weight excluding hydrogens is 141 g/mol. The largest absolute Gasteiger partial charge is 0.207 e. The van der Waals surface area contributed by atoms with E-state index in [2.05, 4.69) is 6.07 Å². The molecule has 1 aromatic rings. The third kappa shape index (κ3) is 0.743. The summed E-state index contributed by atoms with van der Waals surface area (Å²) in [4.78, 5) is 0. The second-order valence-corrected chi connectivity index (χ2v) is 2.69. The maximum Gasteiger partial charge on any atom is 0.126 e. The molecule has 0 N–H and O–H groups in total. The Labute approximate surface area is 64.1 Å². The summed E-state index contributed by atoms with van der Waals surface area (Å²) in [6.45, 7) is 0. The maximum atomic E-state index is 12.8. The Morgan fingerprint density at radius 3 is 3.09 bits per heavy atom. The summed E-state index contributed by atoms with van der Waals surface area (Å²) in [6.07, 6.45) is 0.582. The summed E-state index contributed by atoms with van der Waals surface area (Å²) in [7, 11) is 0. The van der Waals surface area contributed by atoms with E-state index in [1.54, 1.807) is 6.07 Å². The van der Waals surface area contributed by atoms with Crippen LogP contribution in [0.15, 0.2) is 18.2 Å². The molecule has 54 valence electrons. The van der Waals surface area contributed by atoms with Gasteiger partial charge in [0.15, 0.2) is 0 Å². The Kier molecular flexibility index (Phi) is 1.19. The lowest BCUT2D eigenvalue weighted by Gasteiger charge is -2.24. The van der Waals surface area contributed by atoms with Gasteiger partial charge in [0.1, 0.15) is 5.82 Å². The van der Waals surface area contributed by atoms with Crippen LogP contribution in [0.4, 0.5) is 4.39 Å². The van der Waals surface area contributed by atoms with Crippen LogP contribution in [0.1, 0.15) is 17.0 Å². The summed E-state index contributed by atoms with van der Waals surface area (Å²) in [6, 6.07) is 7.02. The molecule has 1 atom stereocenters. The number of rotatable bonds is 0. The lowest BCUT2D eigenvalue weighted by molar-refractivity contribution is 0.575. The van der Waals surface area contributed by atoms with Crippen molar-refractivity contribution in [2.24, 2.45) is 0 Å². The van der Waals surface area contributed by atoms with Crippen LogP contribution in [-0.4, -0.2) is 0 Å². The van der Waals surface area contributed by atoms with Crippen molar-refractivity contribution in [3.8, 4) is 6.07 Å². The highest BCUT2D eigenvalue weighted by molar-refractivity contribution is 5.44. The first kappa shape index (κ1) is 6.36. The lowest BCUT2D eigenvalue weighted by atomic mass is 9.78. The van der Waals surface area contributed by atoms with Gasteiger partial charge in [0.05, 0.1) is 12.0 Å². The Hall–Kier alpha value is -1.36. The molecule has 1 aliphatic carbocycles. The number of nitrogens with zero attached hydrogens (tertiary/aromatic N) is 1. The van der Waals surface area contributed by atoms with Gasteiger partial charge in [-0.2, -0.15) is 5.26 Å². The number of halogens is 1. The van der Waals surface area contributed by atoms with Crippen molar-refractivity contribution in [3.05, 3.63) is 35.1 Å². The van der Waals surface area contributed by atoms with Crippen molar-refractivity contribution in [1.29, 1.82) is 5.26 Å². The van der Waals surface area contributed by atoms with E-state index >= 15 is 0 Å². The minimum Gasteiger partial charge on any atom is -0.207 e. The smallest absolute Gasteiger partial charge is 0.126 e. The highest BCUT2D eigenvalue weighted by atomic mass is 19.1. The maximum absolute atomic E-state index is 12.8. The standard InChI is InChI=1S/C9H6FN/c10-9-3-1-2-7-6(5-11)4-8(7)9/h1-3,6H,4H2. The average Bonchev–Trinajstić information content (AvgIpc) is 1.95. The molecule has 0 saturated carbocycles. The van der Waals surface area contributed by atoms with Crippen LogP contribution in [0.5, 0.6) is 0 Å². The molecule has 0 radical (unpaired) electrons. The summed E-state index contributed by atoms with van der Waals surface area (Å²) in [5.74, 6) is -0.241.